The molecule has 1 fully saturated rings. The number of aromatic nitrogens is 2. The third-order valence-corrected chi connectivity index (χ3v) is 6.81. The van der Waals surface area contributed by atoms with E-state index >= 15 is 0 Å². The van der Waals surface area contributed by atoms with Gasteiger partial charge in [0.2, 0.25) is 5.89 Å². The monoisotopic (exact) mass is 428 g/mol. The van der Waals surface area contributed by atoms with Crippen LogP contribution in [-0.4, -0.2) is 47.1 Å². The summed E-state index contributed by atoms with van der Waals surface area (Å²) in [6.07, 6.45) is 1.000. The molecule has 0 N–H and O–H groups in total. The number of hydrogen-bond donors (Lipinski definition) is 0. The zero-order valence-electron chi connectivity index (χ0n) is 17.4. The summed E-state index contributed by atoms with van der Waals surface area (Å²) < 4.78 is 20.3. The lowest BCUT2D eigenvalue weighted by Crippen LogP contribution is -2.46. The van der Waals surface area contributed by atoms with Crippen LogP contribution in [0, 0.1) is 12.7 Å². The Morgan fingerprint density at radius 1 is 1.20 bits per heavy atom. The van der Waals surface area contributed by atoms with E-state index in [1.807, 2.05) is 4.90 Å². The number of benzene rings is 1. The van der Waals surface area contributed by atoms with Gasteiger partial charge in [0.15, 0.2) is 5.78 Å². The Balaban J connectivity index is 1.36. The van der Waals surface area contributed by atoms with E-state index < -0.39 is 0 Å². The van der Waals surface area contributed by atoms with Gasteiger partial charge in [0, 0.05) is 36.6 Å². The molecule has 30 heavy (non-hydrogen) atoms. The van der Waals surface area contributed by atoms with Crippen LogP contribution >= 0.6 is 11.3 Å². The van der Waals surface area contributed by atoms with Crippen molar-refractivity contribution in [3.63, 3.8) is 0 Å². The van der Waals surface area contributed by atoms with Crippen LogP contribution in [0.4, 0.5) is 10.1 Å². The number of anilines is 1. The maximum atomic E-state index is 14.4. The maximum absolute atomic E-state index is 14.4. The van der Waals surface area contributed by atoms with E-state index in [0.717, 1.165) is 24.4 Å². The van der Waals surface area contributed by atoms with Crippen LogP contribution in [-0.2, 0) is 13.0 Å². The zero-order chi connectivity index (χ0) is 21.3. The predicted octanol–water partition coefficient (Wildman–Crippen LogP) is 4.33. The highest BCUT2D eigenvalue weighted by Gasteiger charge is 2.22. The first-order chi connectivity index (χ1) is 14.4. The standard InChI is InChI=1S/C22H25FN4O2S/c1-4-19-14(2)11-20(30-19)22-25-24-21(29-22)13-26-7-9-27(10-8-26)18-6-5-16(15(3)28)12-17(18)23/h5-6,11-12H,4,7-10,13H2,1-3H3. The quantitative estimate of drug-likeness (QED) is 0.545. The molecule has 1 aliphatic rings. The number of hydrogen-bond acceptors (Lipinski definition) is 7. The van der Waals surface area contributed by atoms with E-state index in [9.17, 15) is 9.18 Å². The summed E-state index contributed by atoms with van der Waals surface area (Å²) in [6.45, 7) is 9.20. The fourth-order valence-corrected chi connectivity index (χ4v) is 4.75. The third kappa shape index (κ3) is 4.29. The van der Waals surface area contributed by atoms with Crippen molar-refractivity contribution in [2.24, 2.45) is 0 Å². The minimum atomic E-state index is -0.351. The van der Waals surface area contributed by atoms with Gasteiger partial charge in [-0.2, -0.15) is 0 Å². The Bertz CT molecular complexity index is 1050. The molecule has 1 aromatic carbocycles. The first kappa shape index (κ1) is 20.7. The molecule has 4 rings (SSSR count). The average Bonchev–Trinajstić information content (AvgIpc) is 3.34. The Kier molecular flexibility index (Phi) is 5.97. The Labute approximate surface area is 179 Å². The first-order valence-corrected chi connectivity index (χ1v) is 11.0. The molecule has 0 atom stereocenters. The number of halogens is 1. The topological polar surface area (TPSA) is 62.5 Å². The van der Waals surface area contributed by atoms with Gasteiger partial charge in [0.25, 0.3) is 5.89 Å². The normalized spacial score (nSPS) is 15.0. The lowest BCUT2D eigenvalue weighted by atomic mass is 10.1. The van der Waals surface area contributed by atoms with Crippen molar-refractivity contribution < 1.29 is 13.6 Å². The van der Waals surface area contributed by atoms with Crippen molar-refractivity contribution >= 4 is 22.8 Å². The van der Waals surface area contributed by atoms with Crippen molar-refractivity contribution in [1.82, 2.24) is 15.1 Å². The first-order valence-electron chi connectivity index (χ1n) is 10.1. The summed E-state index contributed by atoms with van der Waals surface area (Å²) in [7, 11) is 0. The van der Waals surface area contributed by atoms with Crippen molar-refractivity contribution in [2.45, 2.75) is 33.7 Å². The molecule has 0 saturated carbocycles. The molecule has 0 spiro atoms. The number of rotatable bonds is 6. The average molecular weight is 429 g/mol. The molecule has 3 heterocycles. The maximum Gasteiger partial charge on any atom is 0.257 e. The van der Waals surface area contributed by atoms with Gasteiger partial charge in [-0.25, -0.2) is 4.39 Å². The molecule has 1 saturated heterocycles. The second-order valence-electron chi connectivity index (χ2n) is 7.56. The minimum absolute atomic E-state index is 0.132. The molecule has 0 radical (unpaired) electrons. The molecule has 0 unspecified atom stereocenters. The van der Waals surface area contributed by atoms with Crippen LogP contribution in [0.25, 0.3) is 10.8 Å². The van der Waals surface area contributed by atoms with Crippen molar-refractivity contribution in [2.75, 3.05) is 31.1 Å². The summed E-state index contributed by atoms with van der Waals surface area (Å²) in [5, 5.41) is 8.43. The summed E-state index contributed by atoms with van der Waals surface area (Å²) in [5.74, 6) is 0.687. The smallest absolute Gasteiger partial charge is 0.257 e. The van der Waals surface area contributed by atoms with Crippen LogP contribution in [0.1, 0.15) is 40.5 Å². The lowest BCUT2D eigenvalue weighted by molar-refractivity contribution is 0.101. The second kappa shape index (κ2) is 8.65. The van der Waals surface area contributed by atoms with E-state index in [4.69, 9.17) is 4.42 Å². The SMILES string of the molecule is CCc1sc(-c2nnc(CN3CCN(c4ccc(C(C)=O)cc4F)CC3)o2)cc1C. The number of Topliss-reactive ketones (excluding diaryl/α,β-unsaturated/α-hetero) is 1. The summed E-state index contributed by atoms with van der Waals surface area (Å²) in [5.41, 5.74) is 2.20. The highest BCUT2D eigenvalue weighted by molar-refractivity contribution is 7.15. The summed E-state index contributed by atoms with van der Waals surface area (Å²) >= 11 is 1.70. The highest BCUT2D eigenvalue weighted by atomic mass is 32.1. The zero-order valence-corrected chi connectivity index (χ0v) is 18.3. The molecular formula is C22H25FN4O2S. The predicted molar refractivity (Wildman–Crippen MR) is 116 cm³/mol. The molecule has 6 nitrogen and oxygen atoms in total. The van der Waals surface area contributed by atoms with Gasteiger partial charge in [-0.3, -0.25) is 9.69 Å². The van der Waals surface area contributed by atoms with Crippen molar-refractivity contribution in [1.29, 1.82) is 0 Å². The Hall–Kier alpha value is -2.58. The number of carbonyl (C=O) groups is 1. The molecule has 0 aliphatic carbocycles. The fraction of sp³-hybridized carbons (Fsp3) is 0.409. The molecular weight excluding hydrogens is 403 g/mol. The van der Waals surface area contributed by atoms with Crippen LogP contribution in [0.2, 0.25) is 0 Å². The van der Waals surface area contributed by atoms with Crippen molar-refractivity contribution in [3.05, 3.63) is 52.0 Å². The van der Waals surface area contributed by atoms with E-state index in [0.29, 0.717) is 42.7 Å². The van der Waals surface area contributed by atoms with Gasteiger partial charge in [-0.1, -0.05) is 6.92 Å². The minimum Gasteiger partial charge on any atom is -0.419 e. The second-order valence-corrected chi connectivity index (χ2v) is 8.69. The van der Waals surface area contributed by atoms with Crippen LogP contribution in [0.3, 0.4) is 0 Å². The largest absolute Gasteiger partial charge is 0.419 e. The van der Waals surface area contributed by atoms with Gasteiger partial charge in [0.05, 0.1) is 17.1 Å². The van der Waals surface area contributed by atoms with Crippen molar-refractivity contribution in [3.8, 4) is 10.8 Å². The highest BCUT2D eigenvalue weighted by Crippen LogP contribution is 2.31. The summed E-state index contributed by atoms with van der Waals surface area (Å²) in [6, 6.07) is 6.80. The van der Waals surface area contributed by atoms with Crippen LogP contribution < -0.4 is 4.90 Å². The molecule has 0 amide bonds. The van der Waals surface area contributed by atoms with E-state index in [1.165, 1.54) is 23.4 Å². The van der Waals surface area contributed by atoms with Gasteiger partial charge >= 0.3 is 0 Å². The number of piperazine rings is 1. The number of carbonyl (C=O) groups excluding carboxylic acids is 1. The van der Waals surface area contributed by atoms with E-state index in [1.54, 1.807) is 23.5 Å². The summed E-state index contributed by atoms with van der Waals surface area (Å²) in [4.78, 5) is 18.0. The molecule has 0 bridgehead atoms. The molecule has 158 valence electrons. The van der Waals surface area contributed by atoms with Crippen LogP contribution in [0.5, 0.6) is 0 Å². The molecule has 1 aliphatic heterocycles. The number of aryl methyl sites for hydroxylation is 2. The molecule has 2 aromatic heterocycles. The number of nitrogens with zero attached hydrogens (tertiary/aromatic N) is 4. The van der Waals surface area contributed by atoms with Gasteiger partial charge in [-0.15, -0.1) is 21.5 Å². The molecule has 8 heteroatoms. The number of ketones is 1. The third-order valence-electron chi connectivity index (χ3n) is 5.45. The van der Waals surface area contributed by atoms with Gasteiger partial charge < -0.3 is 9.32 Å². The molecule has 3 aromatic rings. The van der Waals surface area contributed by atoms with E-state index in [-0.39, 0.29) is 11.6 Å². The lowest BCUT2D eigenvalue weighted by Gasteiger charge is -2.35. The van der Waals surface area contributed by atoms with Gasteiger partial charge in [0.1, 0.15) is 5.82 Å². The number of thiophene rings is 1. The Morgan fingerprint density at radius 2 is 1.97 bits per heavy atom. The Morgan fingerprint density at radius 3 is 2.60 bits per heavy atom. The van der Waals surface area contributed by atoms with Crippen LogP contribution in [0.15, 0.2) is 28.7 Å². The van der Waals surface area contributed by atoms with Gasteiger partial charge in [-0.05, 0) is 50.1 Å². The fourth-order valence-electron chi connectivity index (χ4n) is 3.71. The van der Waals surface area contributed by atoms with E-state index in [2.05, 4.69) is 35.0 Å².